The molecule has 0 saturated carbocycles. The molecular weight excluding hydrogens is 330 g/mol. The van der Waals surface area contributed by atoms with Crippen molar-refractivity contribution < 1.29 is 14.7 Å². The summed E-state index contributed by atoms with van der Waals surface area (Å²) >= 11 is 4.90. The molecule has 6 heteroatoms. The normalized spacial score (nSPS) is 11.9. The average molecular weight is 346 g/mol. The van der Waals surface area contributed by atoms with Gasteiger partial charge in [-0.25, -0.2) is 4.79 Å². The second kappa shape index (κ2) is 7.55. The van der Waals surface area contributed by atoms with E-state index in [1.54, 1.807) is 23.9 Å². The molecule has 1 aromatic rings. The first-order valence-electron chi connectivity index (χ1n) is 5.75. The van der Waals surface area contributed by atoms with Gasteiger partial charge in [0.15, 0.2) is 0 Å². The van der Waals surface area contributed by atoms with E-state index >= 15 is 0 Å². The molecule has 0 aliphatic heterocycles. The lowest BCUT2D eigenvalue weighted by Gasteiger charge is -2.15. The highest BCUT2D eigenvalue weighted by Crippen LogP contribution is 2.21. The van der Waals surface area contributed by atoms with Crippen molar-refractivity contribution in [3.63, 3.8) is 0 Å². The molecule has 0 saturated heterocycles. The van der Waals surface area contributed by atoms with Gasteiger partial charge in [-0.3, -0.25) is 4.79 Å². The highest BCUT2D eigenvalue weighted by Gasteiger charge is 2.21. The van der Waals surface area contributed by atoms with Gasteiger partial charge in [-0.05, 0) is 52.9 Å². The summed E-state index contributed by atoms with van der Waals surface area (Å²) in [4.78, 5) is 23.2. The quantitative estimate of drug-likeness (QED) is 0.831. The molecule has 0 bridgehead atoms. The van der Waals surface area contributed by atoms with Crippen LogP contribution in [0.15, 0.2) is 22.7 Å². The number of hydrogen-bond acceptors (Lipinski definition) is 3. The van der Waals surface area contributed by atoms with Crippen molar-refractivity contribution in [2.45, 2.75) is 19.4 Å². The molecule has 1 aromatic carbocycles. The third-order valence-corrected chi connectivity index (χ3v) is 4.35. The molecule has 0 aliphatic rings. The lowest BCUT2D eigenvalue weighted by atomic mass is 10.1. The number of amides is 1. The van der Waals surface area contributed by atoms with Crippen LogP contribution in [0.4, 0.5) is 0 Å². The monoisotopic (exact) mass is 345 g/mol. The van der Waals surface area contributed by atoms with E-state index in [2.05, 4.69) is 21.2 Å². The number of rotatable bonds is 6. The summed E-state index contributed by atoms with van der Waals surface area (Å²) < 4.78 is 0.696. The summed E-state index contributed by atoms with van der Waals surface area (Å²) in [6, 6.07) is 4.46. The van der Waals surface area contributed by atoms with Crippen LogP contribution < -0.4 is 5.32 Å². The molecule has 1 rings (SSSR count). The molecule has 4 nitrogen and oxygen atoms in total. The zero-order valence-corrected chi connectivity index (χ0v) is 13.2. The minimum absolute atomic E-state index is 0.371. The zero-order chi connectivity index (χ0) is 14.4. The van der Waals surface area contributed by atoms with Gasteiger partial charge in [0.05, 0.1) is 5.56 Å². The minimum atomic E-state index is -1.01. The Kier molecular flexibility index (Phi) is 6.37. The SMILES string of the molecule is CSCC[C@H](NC(=O)c1cccc(C)c1Br)C(=O)O. The van der Waals surface area contributed by atoms with Crippen molar-refractivity contribution in [2.75, 3.05) is 12.0 Å². The fourth-order valence-corrected chi connectivity index (χ4v) is 2.47. The molecule has 0 heterocycles. The lowest BCUT2D eigenvalue weighted by molar-refractivity contribution is -0.139. The third kappa shape index (κ3) is 4.54. The third-order valence-electron chi connectivity index (χ3n) is 2.65. The van der Waals surface area contributed by atoms with Crippen LogP contribution >= 0.6 is 27.7 Å². The number of aryl methyl sites for hydroxylation is 1. The number of aliphatic carboxylic acids is 1. The summed E-state index contributed by atoms with van der Waals surface area (Å²) in [5.74, 6) is -0.693. The first-order chi connectivity index (χ1) is 8.97. The van der Waals surface area contributed by atoms with Crippen molar-refractivity contribution in [3.05, 3.63) is 33.8 Å². The predicted octanol–water partition coefficient (Wildman–Crippen LogP) is 2.69. The zero-order valence-electron chi connectivity index (χ0n) is 10.8. The van der Waals surface area contributed by atoms with Crippen molar-refractivity contribution in [3.8, 4) is 0 Å². The molecule has 1 amide bonds. The second-order valence-electron chi connectivity index (χ2n) is 4.08. The van der Waals surface area contributed by atoms with Crippen molar-refractivity contribution in [1.29, 1.82) is 0 Å². The Labute approximate surface area is 125 Å². The number of carbonyl (C=O) groups excluding carboxylic acids is 1. The average Bonchev–Trinajstić information content (AvgIpc) is 2.37. The van der Waals surface area contributed by atoms with Crippen LogP contribution in [0, 0.1) is 6.92 Å². The molecule has 0 radical (unpaired) electrons. The Hall–Kier alpha value is -1.01. The number of halogens is 1. The van der Waals surface area contributed by atoms with Crippen molar-refractivity contribution in [1.82, 2.24) is 5.32 Å². The van der Waals surface area contributed by atoms with Gasteiger partial charge in [-0.1, -0.05) is 12.1 Å². The van der Waals surface area contributed by atoms with Crippen LogP contribution in [-0.2, 0) is 4.79 Å². The second-order valence-corrected chi connectivity index (χ2v) is 5.86. The summed E-state index contributed by atoms with van der Waals surface area (Å²) in [5, 5.41) is 11.6. The van der Waals surface area contributed by atoms with E-state index in [-0.39, 0.29) is 5.91 Å². The minimum Gasteiger partial charge on any atom is -0.480 e. The smallest absolute Gasteiger partial charge is 0.326 e. The van der Waals surface area contributed by atoms with Gasteiger partial charge < -0.3 is 10.4 Å². The Bertz CT molecular complexity index is 479. The van der Waals surface area contributed by atoms with Crippen LogP contribution in [0.1, 0.15) is 22.3 Å². The molecule has 0 fully saturated rings. The van der Waals surface area contributed by atoms with Crippen LogP contribution in [0.3, 0.4) is 0 Å². The number of carboxylic acids is 1. The maximum atomic E-state index is 12.1. The standard InChI is InChI=1S/C13H16BrNO3S/c1-8-4-3-5-9(11(8)14)12(16)15-10(13(17)18)6-7-19-2/h3-5,10H,6-7H2,1-2H3,(H,15,16)(H,17,18)/t10-/m0/s1. The van der Waals surface area contributed by atoms with Crippen LogP contribution in [0.5, 0.6) is 0 Å². The summed E-state index contributed by atoms with van der Waals surface area (Å²) in [6.07, 6.45) is 2.31. The first kappa shape index (κ1) is 16.0. The summed E-state index contributed by atoms with van der Waals surface area (Å²) in [5.41, 5.74) is 1.39. The highest BCUT2D eigenvalue weighted by atomic mass is 79.9. The summed E-state index contributed by atoms with van der Waals surface area (Å²) in [7, 11) is 0. The number of benzene rings is 1. The van der Waals surface area contributed by atoms with Crippen LogP contribution in [-0.4, -0.2) is 35.0 Å². The number of hydrogen-bond donors (Lipinski definition) is 2. The molecule has 2 N–H and O–H groups in total. The Balaban J connectivity index is 2.82. The molecule has 19 heavy (non-hydrogen) atoms. The van der Waals surface area contributed by atoms with Gasteiger partial charge in [-0.15, -0.1) is 0 Å². The van der Waals surface area contributed by atoms with E-state index in [1.807, 2.05) is 19.2 Å². The highest BCUT2D eigenvalue weighted by molar-refractivity contribution is 9.10. The van der Waals surface area contributed by atoms with Gasteiger partial charge >= 0.3 is 5.97 Å². The van der Waals surface area contributed by atoms with E-state index in [9.17, 15) is 9.59 Å². The number of thioether (sulfide) groups is 1. The number of carbonyl (C=O) groups is 2. The van der Waals surface area contributed by atoms with E-state index in [4.69, 9.17) is 5.11 Å². The lowest BCUT2D eigenvalue weighted by Crippen LogP contribution is -2.41. The van der Waals surface area contributed by atoms with Crippen molar-refractivity contribution >= 4 is 39.6 Å². The Morgan fingerprint density at radius 1 is 1.47 bits per heavy atom. The maximum absolute atomic E-state index is 12.1. The van der Waals surface area contributed by atoms with Gasteiger partial charge in [0.1, 0.15) is 6.04 Å². The van der Waals surface area contributed by atoms with Gasteiger partial charge in [0.2, 0.25) is 0 Å². The molecule has 0 aromatic heterocycles. The fourth-order valence-electron chi connectivity index (χ4n) is 1.55. The number of nitrogens with one attached hydrogen (secondary N) is 1. The van der Waals surface area contributed by atoms with E-state index < -0.39 is 12.0 Å². The maximum Gasteiger partial charge on any atom is 0.326 e. The molecule has 0 spiro atoms. The van der Waals surface area contributed by atoms with Gasteiger partial charge in [-0.2, -0.15) is 11.8 Å². The Morgan fingerprint density at radius 3 is 2.74 bits per heavy atom. The topological polar surface area (TPSA) is 66.4 Å². The first-order valence-corrected chi connectivity index (χ1v) is 7.93. The van der Waals surface area contributed by atoms with E-state index in [1.165, 1.54) is 0 Å². The number of carboxylic acid groups (broad SMARTS) is 1. The Morgan fingerprint density at radius 2 is 2.16 bits per heavy atom. The summed E-state index contributed by atoms with van der Waals surface area (Å²) in [6.45, 7) is 1.88. The molecule has 0 unspecified atom stereocenters. The molecular formula is C13H16BrNO3S. The largest absolute Gasteiger partial charge is 0.480 e. The van der Waals surface area contributed by atoms with Crippen molar-refractivity contribution in [2.24, 2.45) is 0 Å². The van der Waals surface area contributed by atoms with Crippen LogP contribution in [0.2, 0.25) is 0 Å². The van der Waals surface area contributed by atoms with Crippen LogP contribution in [0.25, 0.3) is 0 Å². The molecule has 1 atom stereocenters. The van der Waals surface area contributed by atoms with E-state index in [0.717, 1.165) is 5.56 Å². The van der Waals surface area contributed by atoms with Gasteiger partial charge in [0, 0.05) is 4.47 Å². The fraction of sp³-hybridized carbons (Fsp3) is 0.385. The molecule has 0 aliphatic carbocycles. The van der Waals surface area contributed by atoms with Gasteiger partial charge in [0.25, 0.3) is 5.91 Å². The van der Waals surface area contributed by atoms with E-state index in [0.29, 0.717) is 22.2 Å². The molecule has 104 valence electrons. The predicted molar refractivity (Wildman–Crippen MR) is 80.8 cm³/mol.